The lowest BCUT2D eigenvalue weighted by Gasteiger charge is -2.38. The highest BCUT2D eigenvalue weighted by atomic mass is 32.2. The van der Waals surface area contributed by atoms with E-state index in [1.165, 1.54) is 0 Å². The molecule has 0 aromatic heterocycles. The maximum absolute atomic E-state index is 13.7. The zero-order chi connectivity index (χ0) is 24.5. The predicted molar refractivity (Wildman–Crippen MR) is 143 cm³/mol. The van der Waals surface area contributed by atoms with Gasteiger partial charge < -0.3 is 9.16 Å². The van der Waals surface area contributed by atoms with Crippen LogP contribution in [0.4, 0.5) is 0 Å². The molecule has 0 spiro atoms. The van der Waals surface area contributed by atoms with Gasteiger partial charge in [-0.05, 0) is 53.9 Å². The Labute approximate surface area is 202 Å². The maximum atomic E-state index is 13.7. The van der Waals surface area contributed by atoms with Gasteiger partial charge in [0, 0.05) is 18.4 Å². The van der Waals surface area contributed by atoms with Gasteiger partial charge in [-0.2, -0.15) is 0 Å². The number of nitrogens with zero attached hydrogens (tertiary/aromatic N) is 1. The number of rotatable bonds is 12. The van der Waals surface area contributed by atoms with Crippen LogP contribution in [-0.2, 0) is 14.2 Å². The van der Waals surface area contributed by atoms with Crippen LogP contribution in [0.25, 0.3) is 0 Å². The summed E-state index contributed by atoms with van der Waals surface area (Å²) in [5.74, 6) is 1.18. The molecule has 2 aromatic carbocycles. The van der Waals surface area contributed by atoms with Crippen LogP contribution in [0.3, 0.4) is 0 Å². The van der Waals surface area contributed by atoms with E-state index < -0.39 is 18.0 Å². The van der Waals surface area contributed by atoms with E-state index >= 15 is 0 Å². The Morgan fingerprint density at radius 2 is 1.55 bits per heavy atom. The second kappa shape index (κ2) is 12.5. The number of methoxy groups -OCH3 is 1. The van der Waals surface area contributed by atoms with Crippen molar-refractivity contribution < 1.29 is 13.4 Å². The van der Waals surface area contributed by atoms with Crippen LogP contribution < -0.4 is 4.74 Å². The van der Waals surface area contributed by atoms with Crippen molar-refractivity contribution >= 4 is 18.0 Å². The third kappa shape index (κ3) is 6.81. The van der Waals surface area contributed by atoms with Crippen LogP contribution in [0, 0.1) is 11.8 Å². The number of ether oxygens (including phenoxy) is 1. The fourth-order valence-corrected chi connectivity index (χ4v) is 8.43. The van der Waals surface area contributed by atoms with Crippen LogP contribution in [0.2, 0.25) is 18.1 Å². The third-order valence-electron chi connectivity index (χ3n) is 6.71. The van der Waals surface area contributed by atoms with Crippen molar-refractivity contribution in [2.24, 2.45) is 16.2 Å². The van der Waals surface area contributed by atoms with Gasteiger partial charge in [0.05, 0.1) is 27.8 Å². The van der Waals surface area contributed by atoms with E-state index in [1.807, 2.05) is 42.5 Å². The van der Waals surface area contributed by atoms with Gasteiger partial charge in [0.1, 0.15) is 5.75 Å². The van der Waals surface area contributed by atoms with E-state index in [-0.39, 0.29) is 12.0 Å². The Balaban J connectivity index is 2.56. The lowest BCUT2D eigenvalue weighted by Crippen LogP contribution is -2.39. The second-order valence-electron chi connectivity index (χ2n) is 8.77. The van der Waals surface area contributed by atoms with Crippen molar-refractivity contribution in [3.8, 4) is 5.75 Å². The molecule has 0 fully saturated rings. The molecule has 0 amide bonds. The Kier molecular flexibility index (Phi) is 10.4. The molecule has 0 aliphatic rings. The van der Waals surface area contributed by atoms with Crippen LogP contribution in [-0.4, -0.2) is 26.7 Å². The molecular weight excluding hydrogens is 446 g/mol. The monoisotopic (exact) mass is 487 g/mol. The Bertz CT molecular complexity index is 984. The molecule has 3 atom stereocenters. The van der Waals surface area contributed by atoms with Crippen molar-refractivity contribution in [1.82, 2.24) is 0 Å². The van der Waals surface area contributed by atoms with Gasteiger partial charge in [-0.3, -0.25) is 0 Å². The van der Waals surface area contributed by atoms with E-state index in [0.29, 0.717) is 5.92 Å². The summed E-state index contributed by atoms with van der Waals surface area (Å²) in [7, 11) is -1.23. The largest absolute Gasteiger partial charge is 0.497 e. The molecule has 6 heteroatoms. The fourth-order valence-electron chi connectivity index (χ4n) is 4.16. The Morgan fingerprint density at radius 3 is 2.00 bits per heavy atom. The van der Waals surface area contributed by atoms with Crippen molar-refractivity contribution in [2.45, 2.75) is 63.8 Å². The average molecular weight is 488 g/mol. The minimum atomic E-state index is -2.64. The molecular formula is C27H41NO3SSi. The van der Waals surface area contributed by atoms with Gasteiger partial charge in [-0.25, -0.2) is 8.57 Å². The van der Waals surface area contributed by atoms with Gasteiger partial charge in [0.2, 0.25) is 0 Å². The SMILES string of the molecule is CC[Si](CC)(CC)O[C@@H](c1ccc(OC)cc1)[C@H](/C=C\S(=O)(=NC)c1ccccc1)C(C)C. The summed E-state index contributed by atoms with van der Waals surface area (Å²) in [5.41, 5.74) is 1.13. The summed E-state index contributed by atoms with van der Waals surface area (Å²) < 4.78 is 30.4. The van der Waals surface area contributed by atoms with E-state index in [1.54, 1.807) is 19.6 Å². The molecule has 33 heavy (non-hydrogen) atoms. The van der Waals surface area contributed by atoms with Crippen LogP contribution >= 0.6 is 0 Å². The molecule has 2 rings (SSSR count). The lowest BCUT2D eigenvalue weighted by atomic mass is 9.86. The summed E-state index contributed by atoms with van der Waals surface area (Å²) in [6.45, 7) is 11.2. The molecule has 0 bridgehead atoms. The summed E-state index contributed by atoms with van der Waals surface area (Å²) in [6.07, 6.45) is 1.97. The number of hydrogen-bond donors (Lipinski definition) is 0. The molecule has 0 heterocycles. The van der Waals surface area contributed by atoms with Gasteiger partial charge in [0.25, 0.3) is 0 Å². The fraction of sp³-hybridized carbons (Fsp3) is 0.481. The quantitative estimate of drug-likeness (QED) is 0.288. The summed E-state index contributed by atoms with van der Waals surface area (Å²) >= 11 is 0. The lowest BCUT2D eigenvalue weighted by molar-refractivity contribution is 0.120. The standard InChI is InChI=1S/C27H41NO3SSi/c1-8-33(9-2,10-3)31-27(23-16-18-24(30-7)19-17-23)26(22(4)5)20-21-32(29,28-6)25-14-12-11-13-15-25/h11-22,26-27H,8-10H2,1-7H3/b21-20-/t26-,27+,32?/m1/s1. The van der Waals surface area contributed by atoms with E-state index in [2.05, 4.69) is 57.2 Å². The molecule has 0 N–H and O–H groups in total. The zero-order valence-corrected chi connectivity index (χ0v) is 23.1. The minimum Gasteiger partial charge on any atom is -0.497 e. The van der Waals surface area contributed by atoms with Crippen molar-refractivity contribution in [3.05, 3.63) is 71.6 Å². The first kappa shape index (κ1) is 27.4. The van der Waals surface area contributed by atoms with Crippen molar-refractivity contribution in [3.63, 3.8) is 0 Å². The first-order valence-corrected chi connectivity index (χ1v) is 16.1. The molecule has 4 nitrogen and oxygen atoms in total. The minimum absolute atomic E-state index is 0.0567. The predicted octanol–water partition coefficient (Wildman–Crippen LogP) is 7.70. The molecule has 0 aliphatic heterocycles. The first-order valence-electron chi connectivity index (χ1n) is 12.0. The van der Waals surface area contributed by atoms with Gasteiger partial charge in [-0.15, -0.1) is 0 Å². The van der Waals surface area contributed by atoms with Crippen LogP contribution in [0.1, 0.15) is 46.3 Å². The number of benzene rings is 2. The molecule has 1 unspecified atom stereocenters. The van der Waals surface area contributed by atoms with Crippen molar-refractivity contribution in [1.29, 1.82) is 0 Å². The zero-order valence-electron chi connectivity index (χ0n) is 21.3. The average Bonchev–Trinajstić information content (AvgIpc) is 2.86. The Morgan fingerprint density at radius 1 is 0.970 bits per heavy atom. The maximum Gasteiger partial charge on any atom is 0.192 e. The highest BCUT2D eigenvalue weighted by Gasteiger charge is 2.36. The topological polar surface area (TPSA) is 47.9 Å². The summed E-state index contributed by atoms with van der Waals surface area (Å²) in [4.78, 5) is 0.729. The molecule has 0 aliphatic carbocycles. The van der Waals surface area contributed by atoms with Crippen LogP contribution in [0.5, 0.6) is 5.75 Å². The van der Waals surface area contributed by atoms with E-state index in [0.717, 1.165) is 34.3 Å². The van der Waals surface area contributed by atoms with Crippen molar-refractivity contribution in [2.75, 3.05) is 14.2 Å². The molecule has 182 valence electrons. The second-order valence-corrected chi connectivity index (χ2v) is 15.7. The van der Waals surface area contributed by atoms with E-state index in [4.69, 9.17) is 9.16 Å². The number of hydrogen-bond acceptors (Lipinski definition) is 4. The Hall–Kier alpha value is -1.89. The smallest absolute Gasteiger partial charge is 0.192 e. The molecule has 2 aromatic rings. The van der Waals surface area contributed by atoms with Gasteiger partial charge in [-0.1, -0.05) is 71.0 Å². The van der Waals surface area contributed by atoms with Gasteiger partial charge in [0.15, 0.2) is 8.32 Å². The molecule has 0 radical (unpaired) electrons. The third-order valence-corrected chi connectivity index (χ3v) is 13.3. The van der Waals surface area contributed by atoms with Gasteiger partial charge >= 0.3 is 0 Å². The highest BCUT2D eigenvalue weighted by molar-refractivity contribution is 7.96. The normalized spacial score (nSPS) is 15.9. The van der Waals surface area contributed by atoms with E-state index in [9.17, 15) is 4.21 Å². The van der Waals surface area contributed by atoms with Crippen LogP contribution in [0.15, 0.2) is 75.3 Å². The summed E-state index contributed by atoms with van der Waals surface area (Å²) in [6, 6.07) is 20.9. The molecule has 0 saturated carbocycles. The first-order chi connectivity index (χ1) is 15.8. The summed E-state index contributed by atoms with van der Waals surface area (Å²) in [5, 5.41) is 1.81. The highest BCUT2D eigenvalue weighted by Crippen LogP contribution is 2.39. The molecule has 0 saturated heterocycles.